The highest BCUT2D eigenvalue weighted by atomic mass is 15.4. The van der Waals surface area contributed by atoms with Crippen LogP contribution in [0.25, 0.3) is 0 Å². The van der Waals surface area contributed by atoms with Gasteiger partial charge in [0.1, 0.15) is 11.9 Å². The molecule has 2 rings (SSSR count). The van der Waals surface area contributed by atoms with E-state index in [0.29, 0.717) is 24.5 Å². The number of nitrogens with zero attached hydrogens (tertiary/aromatic N) is 5. The zero-order valence-corrected chi connectivity index (χ0v) is 9.46. The topological polar surface area (TPSA) is 79.4 Å². The molecule has 6 heteroatoms. The number of nitrogens with one attached hydrogen (secondary N) is 1. The van der Waals surface area contributed by atoms with Gasteiger partial charge in [0.25, 0.3) is 0 Å². The van der Waals surface area contributed by atoms with Crippen LogP contribution in [0.5, 0.6) is 0 Å². The molecule has 0 atom stereocenters. The molecule has 0 aliphatic rings. The summed E-state index contributed by atoms with van der Waals surface area (Å²) in [5, 5.41) is 19.7. The monoisotopic (exact) mass is 228 g/mol. The van der Waals surface area contributed by atoms with Crippen molar-refractivity contribution >= 4 is 5.82 Å². The summed E-state index contributed by atoms with van der Waals surface area (Å²) in [7, 11) is 0. The van der Waals surface area contributed by atoms with Crippen LogP contribution in [-0.2, 0) is 6.54 Å². The van der Waals surface area contributed by atoms with Gasteiger partial charge in [0.05, 0.1) is 18.3 Å². The summed E-state index contributed by atoms with van der Waals surface area (Å²) in [5.41, 5.74) is 1.51. The number of hydrogen-bond donors (Lipinski definition) is 1. The maximum absolute atomic E-state index is 9.03. The van der Waals surface area contributed by atoms with Crippen molar-refractivity contribution in [2.45, 2.75) is 13.5 Å². The van der Waals surface area contributed by atoms with Crippen molar-refractivity contribution in [3.8, 4) is 6.07 Å². The molecule has 0 amide bonds. The van der Waals surface area contributed by atoms with Gasteiger partial charge < -0.3 is 5.32 Å². The van der Waals surface area contributed by atoms with Gasteiger partial charge in [-0.15, -0.1) is 5.10 Å². The summed E-state index contributed by atoms with van der Waals surface area (Å²) < 4.78 is 1.72. The number of aryl methyl sites for hydroxylation is 1. The number of nitriles is 1. The predicted molar refractivity (Wildman–Crippen MR) is 62.2 cm³/mol. The van der Waals surface area contributed by atoms with Crippen molar-refractivity contribution < 1.29 is 0 Å². The van der Waals surface area contributed by atoms with Gasteiger partial charge in [0.2, 0.25) is 0 Å². The summed E-state index contributed by atoms with van der Waals surface area (Å²) in [6.07, 6.45) is 5.11. The number of aromatic nitrogens is 4. The minimum absolute atomic E-state index is 0.589. The van der Waals surface area contributed by atoms with Crippen LogP contribution in [0, 0.1) is 18.3 Å². The first-order chi connectivity index (χ1) is 8.31. The lowest BCUT2D eigenvalue weighted by Crippen LogP contribution is -2.13. The Morgan fingerprint density at radius 1 is 1.47 bits per heavy atom. The van der Waals surface area contributed by atoms with Crippen molar-refractivity contribution in [3.05, 3.63) is 35.8 Å². The van der Waals surface area contributed by atoms with Crippen LogP contribution in [-0.4, -0.2) is 26.5 Å². The van der Waals surface area contributed by atoms with Crippen LogP contribution in [0.1, 0.15) is 11.1 Å². The maximum atomic E-state index is 9.03. The fourth-order valence-electron chi connectivity index (χ4n) is 1.47. The minimum Gasteiger partial charge on any atom is -0.367 e. The normalized spacial score (nSPS) is 9.88. The second-order valence-electron chi connectivity index (χ2n) is 3.56. The van der Waals surface area contributed by atoms with Gasteiger partial charge in [-0.1, -0.05) is 5.21 Å². The Bertz CT molecular complexity index is 525. The van der Waals surface area contributed by atoms with E-state index in [4.69, 9.17) is 5.26 Å². The summed E-state index contributed by atoms with van der Waals surface area (Å²) >= 11 is 0. The highest BCUT2D eigenvalue weighted by molar-refractivity contribution is 5.55. The Morgan fingerprint density at radius 2 is 2.35 bits per heavy atom. The number of anilines is 1. The highest BCUT2D eigenvalue weighted by Crippen LogP contribution is 2.14. The SMILES string of the molecule is Cc1ccnc(NCCn2ccnn2)c1C#N. The van der Waals surface area contributed by atoms with Crippen LogP contribution in [0.2, 0.25) is 0 Å². The van der Waals surface area contributed by atoms with E-state index in [2.05, 4.69) is 26.7 Å². The van der Waals surface area contributed by atoms with Gasteiger partial charge in [0, 0.05) is 18.9 Å². The summed E-state index contributed by atoms with van der Waals surface area (Å²) in [4.78, 5) is 4.15. The van der Waals surface area contributed by atoms with E-state index in [1.165, 1.54) is 0 Å². The lowest BCUT2D eigenvalue weighted by molar-refractivity contribution is 0.608. The van der Waals surface area contributed by atoms with E-state index in [0.717, 1.165) is 5.56 Å². The van der Waals surface area contributed by atoms with E-state index in [9.17, 15) is 0 Å². The molecule has 0 aliphatic carbocycles. The van der Waals surface area contributed by atoms with Crippen LogP contribution in [0.3, 0.4) is 0 Å². The van der Waals surface area contributed by atoms with Gasteiger partial charge >= 0.3 is 0 Å². The molecule has 6 nitrogen and oxygen atoms in total. The molecule has 86 valence electrons. The fraction of sp³-hybridized carbons (Fsp3) is 0.273. The van der Waals surface area contributed by atoms with Gasteiger partial charge in [-0.2, -0.15) is 5.26 Å². The fourth-order valence-corrected chi connectivity index (χ4v) is 1.47. The largest absolute Gasteiger partial charge is 0.367 e. The molecular formula is C11H12N6. The minimum atomic E-state index is 0.589. The van der Waals surface area contributed by atoms with Crippen molar-refractivity contribution in [3.63, 3.8) is 0 Å². The molecule has 0 aromatic carbocycles. The summed E-state index contributed by atoms with van der Waals surface area (Å²) in [6, 6.07) is 3.97. The van der Waals surface area contributed by atoms with E-state index in [1.54, 1.807) is 23.3 Å². The quantitative estimate of drug-likeness (QED) is 0.843. The van der Waals surface area contributed by atoms with Gasteiger partial charge in [-0.3, -0.25) is 4.68 Å². The lowest BCUT2D eigenvalue weighted by Gasteiger charge is -2.08. The molecule has 0 radical (unpaired) electrons. The Hall–Kier alpha value is -2.42. The molecule has 2 aromatic heterocycles. The second-order valence-corrected chi connectivity index (χ2v) is 3.56. The number of pyridine rings is 1. The summed E-state index contributed by atoms with van der Waals surface area (Å²) in [6.45, 7) is 3.22. The first-order valence-corrected chi connectivity index (χ1v) is 5.25. The van der Waals surface area contributed by atoms with Crippen LogP contribution < -0.4 is 5.32 Å². The third kappa shape index (κ3) is 2.58. The molecule has 0 saturated heterocycles. The van der Waals surface area contributed by atoms with E-state index >= 15 is 0 Å². The lowest BCUT2D eigenvalue weighted by atomic mass is 10.1. The second kappa shape index (κ2) is 5.07. The van der Waals surface area contributed by atoms with Crippen molar-refractivity contribution in [2.75, 3.05) is 11.9 Å². The molecule has 0 fully saturated rings. The molecule has 0 saturated carbocycles. The first-order valence-electron chi connectivity index (χ1n) is 5.25. The zero-order valence-electron chi connectivity index (χ0n) is 9.46. The Balaban J connectivity index is 2.00. The molecule has 0 aliphatic heterocycles. The third-order valence-corrected chi connectivity index (χ3v) is 2.38. The standard InChI is InChI=1S/C11H12N6/c1-9-2-3-13-11(10(9)8-12)14-4-6-17-7-5-15-16-17/h2-3,5,7H,4,6H2,1H3,(H,13,14). The van der Waals surface area contributed by atoms with Gasteiger partial charge in [0.15, 0.2) is 0 Å². The molecule has 0 bridgehead atoms. The third-order valence-electron chi connectivity index (χ3n) is 2.38. The number of rotatable bonds is 4. The van der Waals surface area contributed by atoms with E-state index in [-0.39, 0.29) is 0 Å². The van der Waals surface area contributed by atoms with Crippen molar-refractivity contribution in [1.29, 1.82) is 5.26 Å². The summed E-state index contributed by atoms with van der Waals surface area (Å²) in [5.74, 6) is 0.618. The van der Waals surface area contributed by atoms with Crippen molar-refractivity contribution in [2.24, 2.45) is 0 Å². The molecule has 17 heavy (non-hydrogen) atoms. The molecule has 0 unspecified atom stereocenters. The van der Waals surface area contributed by atoms with Gasteiger partial charge in [-0.25, -0.2) is 4.98 Å². The van der Waals surface area contributed by atoms with Gasteiger partial charge in [-0.05, 0) is 18.6 Å². The number of hydrogen-bond acceptors (Lipinski definition) is 5. The average molecular weight is 228 g/mol. The van der Waals surface area contributed by atoms with Crippen molar-refractivity contribution in [1.82, 2.24) is 20.0 Å². The Labute approximate surface area is 98.9 Å². The van der Waals surface area contributed by atoms with Crippen LogP contribution in [0.4, 0.5) is 5.82 Å². The van der Waals surface area contributed by atoms with Crippen LogP contribution in [0.15, 0.2) is 24.7 Å². The Morgan fingerprint density at radius 3 is 3.06 bits per heavy atom. The highest BCUT2D eigenvalue weighted by Gasteiger charge is 2.05. The molecular weight excluding hydrogens is 216 g/mol. The molecule has 2 heterocycles. The molecule has 2 aromatic rings. The first kappa shape index (κ1) is 11.1. The van der Waals surface area contributed by atoms with E-state index in [1.807, 2.05) is 13.0 Å². The van der Waals surface area contributed by atoms with Crippen LogP contribution >= 0.6 is 0 Å². The maximum Gasteiger partial charge on any atom is 0.144 e. The van der Waals surface area contributed by atoms with E-state index < -0.39 is 0 Å². The molecule has 0 spiro atoms. The smallest absolute Gasteiger partial charge is 0.144 e. The molecule has 1 N–H and O–H groups in total. The predicted octanol–water partition coefficient (Wildman–Crippen LogP) is 0.965. The zero-order chi connectivity index (χ0) is 12.1. The Kier molecular flexibility index (Phi) is 3.31. The average Bonchev–Trinajstić information content (AvgIpc) is 2.82.